The topological polar surface area (TPSA) is 43.7 Å². The lowest BCUT2D eigenvalue weighted by molar-refractivity contribution is 0.127. The molecule has 22 heavy (non-hydrogen) atoms. The van der Waals surface area contributed by atoms with Gasteiger partial charge in [0.25, 0.3) is 0 Å². The van der Waals surface area contributed by atoms with Crippen LogP contribution in [-0.2, 0) is 22.8 Å². The van der Waals surface area contributed by atoms with Gasteiger partial charge in [-0.05, 0) is 49.2 Å². The quantitative estimate of drug-likeness (QED) is 0.594. The van der Waals surface area contributed by atoms with Crippen molar-refractivity contribution < 1.29 is 9.57 Å². The Morgan fingerprint density at radius 1 is 1.23 bits per heavy atom. The van der Waals surface area contributed by atoms with Gasteiger partial charge in [-0.25, -0.2) is 0 Å². The maximum Gasteiger partial charge on any atom is 0.159 e. The molecule has 0 amide bonds. The van der Waals surface area contributed by atoms with Gasteiger partial charge in [0.05, 0.1) is 18.0 Å². The number of pyridine rings is 1. The highest BCUT2D eigenvalue weighted by Crippen LogP contribution is 2.19. The third-order valence-corrected chi connectivity index (χ3v) is 3.49. The van der Waals surface area contributed by atoms with Gasteiger partial charge >= 0.3 is 0 Å². The predicted molar refractivity (Wildman–Crippen MR) is 88.1 cm³/mol. The summed E-state index contributed by atoms with van der Waals surface area (Å²) in [7, 11) is 1.64. The molecule has 1 heterocycles. The average Bonchev–Trinajstić information content (AvgIpc) is 2.49. The summed E-state index contributed by atoms with van der Waals surface area (Å²) in [5.41, 5.74) is 4.48. The largest absolute Gasteiger partial charge is 0.389 e. The maximum atomic E-state index is 6.12. The van der Waals surface area contributed by atoms with Crippen molar-refractivity contribution in [2.45, 2.75) is 27.1 Å². The fourth-order valence-electron chi connectivity index (χ4n) is 1.99. The van der Waals surface area contributed by atoms with E-state index in [0.717, 1.165) is 28.2 Å². The first-order chi connectivity index (χ1) is 10.6. The summed E-state index contributed by atoms with van der Waals surface area (Å²) in [5.74, 6) is 0. The number of methoxy groups -OCH3 is 1. The third-order valence-electron chi connectivity index (χ3n) is 3.12. The van der Waals surface area contributed by atoms with Crippen molar-refractivity contribution in [1.29, 1.82) is 0 Å². The summed E-state index contributed by atoms with van der Waals surface area (Å²) in [4.78, 5) is 9.75. The highest BCUT2D eigenvalue weighted by Gasteiger charge is 2.05. The average molecular weight is 319 g/mol. The Morgan fingerprint density at radius 2 is 2.05 bits per heavy atom. The van der Waals surface area contributed by atoms with Gasteiger partial charge in [-0.15, -0.1) is 0 Å². The second-order valence-corrected chi connectivity index (χ2v) is 5.37. The van der Waals surface area contributed by atoms with Crippen LogP contribution in [0.4, 0.5) is 0 Å². The molecule has 2 aromatic rings. The number of aromatic nitrogens is 1. The van der Waals surface area contributed by atoms with Crippen LogP contribution in [0.1, 0.15) is 29.4 Å². The minimum Gasteiger partial charge on any atom is -0.389 e. The van der Waals surface area contributed by atoms with E-state index in [1.807, 2.05) is 50.2 Å². The number of halogens is 1. The van der Waals surface area contributed by atoms with Gasteiger partial charge in [-0.1, -0.05) is 28.9 Å². The highest BCUT2D eigenvalue weighted by atomic mass is 35.5. The summed E-state index contributed by atoms with van der Waals surface area (Å²) < 4.78 is 5.13. The fourth-order valence-corrected chi connectivity index (χ4v) is 2.17. The first-order valence-corrected chi connectivity index (χ1v) is 7.35. The molecule has 0 atom stereocenters. The number of hydrogen-bond acceptors (Lipinski definition) is 4. The zero-order chi connectivity index (χ0) is 15.9. The van der Waals surface area contributed by atoms with E-state index in [1.54, 1.807) is 7.11 Å². The van der Waals surface area contributed by atoms with Gasteiger partial charge < -0.3 is 9.57 Å². The Bertz CT molecular complexity index is 671. The minimum absolute atomic E-state index is 0.345. The predicted octanol–water partition coefficient (Wildman–Crippen LogP) is 4.13. The summed E-state index contributed by atoms with van der Waals surface area (Å²) in [6.45, 7) is 4.65. The Balaban J connectivity index is 2.04. The SMILES string of the molecule is COCc1cc(C(C)=NOCc2cccc(C)n2)ccc1Cl. The number of nitrogens with zero attached hydrogens (tertiary/aromatic N) is 2. The molecular formula is C17H19ClN2O2. The standard InChI is InChI=1S/C17H19ClN2O2/c1-12-5-4-6-16(19-12)11-22-20-13(2)14-7-8-17(18)15(9-14)10-21-3/h4-9H,10-11H2,1-3H3. The van der Waals surface area contributed by atoms with Gasteiger partial charge in [0.1, 0.15) is 0 Å². The van der Waals surface area contributed by atoms with Crippen molar-refractivity contribution in [3.8, 4) is 0 Å². The molecule has 0 saturated carbocycles. The number of hydrogen-bond donors (Lipinski definition) is 0. The van der Waals surface area contributed by atoms with Crippen molar-refractivity contribution >= 4 is 17.3 Å². The van der Waals surface area contributed by atoms with Gasteiger partial charge in [-0.2, -0.15) is 0 Å². The van der Waals surface area contributed by atoms with Crippen LogP contribution in [-0.4, -0.2) is 17.8 Å². The molecule has 2 rings (SSSR count). The first-order valence-electron chi connectivity index (χ1n) is 6.97. The molecule has 0 spiro atoms. The highest BCUT2D eigenvalue weighted by molar-refractivity contribution is 6.31. The van der Waals surface area contributed by atoms with Crippen molar-refractivity contribution in [3.63, 3.8) is 0 Å². The summed E-state index contributed by atoms with van der Waals surface area (Å²) in [5, 5.41) is 4.83. The molecule has 0 fully saturated rings. The van der Waals surface area contributed by atoms with Crippen LogP contribution in [0.5, 0.6) is 0 Å². The van der Waals surface area contributed by atoms with Crippen LogP contribution in [0.2, 0.25) is 5.02 Å². The first kappa shape index (κ1) is 16.5. The summed E-state index contributed by atoms with van der Waals surface area (Å²) in [6, 6.07) is 11.5. The molecule has 116 valence electrons. The van der Waals surface area contributed by atoms with E-state index in [-0.39, 0.29) is 0 Å². The van der Waals surface area contributed by atoms with Crippen molar-refractivity contribution in [2.24, 2.45) is 5.16 Å². The van der Waals surface area contributed by atoms with Crippen LogP contribution in [0, 0.1) is 6.92 Å². The second kappa shape index (κ2) is 7.92. The van der Waals surface area contributed by atoms with Gasteiger partial charge in [-0.3, -0.25) is 4.98 Å². The van der Waals surface area contributed by atoms with E-state index in [4.69, 9.17) is 21.2 Å². The number of oxime groups is 1. The Morgan fingerprint density at radius 3 is 2.77 bits per heavy atom. The van der Waals surface area contributed by atoms with Crippen LogP contribution in [0.15, 0.2) is 41.6 Å². The van der Waals surface area contributed by atoms with Gasteiger partial charge in [0.15, 0.2) is 6.61 Å². The van der Waals surface area contributed by atoms with E-state index in [0.29, 0.717) is 18.2 Å². The second-order valence-electron chi connectivity index (χ2n) is 4.96. The van der Waals surface area contributed by atoms with Crippen molar-refractivity contribution in [2.75, 3.05) is 7.11 Å². The van der Waals surface area contributed by atoms with Crippen LogP contribution in [0.25, 0.3) is 0 Å². The zero-order valence-corrected chi connectivity index (χ0v) is 13.7. The van der Waals surface area contributed by atoms with Gasteiger partial charge in [0.2, 0.25) is 0 Å². The van der Waals surface area contributed by atoms with E-state index in [1.165, 1.54) is 0 Å². The Kier molecular flexibility index (Phi) is 5.92. The molecule has 0 aliphatic heterocycles. The molecular weight excluding hydrogens is 300 g/mol. The molecule has 0 N–H and O–H groups in total. The molecule has 0 bridgehead atoms. The Labute approximate surface area is 135 Å². The molecule has 0 radical (unpaired) electrons. The van der Waals surface area contributed by atoms with Crippen LogP contribution >= 0.6 is 11.6 Å². The monoisotopic (exact) mass is 318 g/mol. The fraction of sp³-hybridized carbons (Fsp3) is 0.294. The zero-order valence-electron chi connectivity index (χ0n) is 13.0. The normalized spacial score (nSPS) is 11.5. The van der Waals surface area contributed by atoms with Gasteiger partial charge in [0, 0.05) is 17.8 Å². The smallest absolute Gasteiger partial charge is 0.159 e. The van der Waals surface area contributed by atoms with Crippen molar-refractivity contribution in [1.82, 2.24) is 4.98 Å². The molecule has 0 aliphatic rings. The summed E-state index contributed by atoms with van der Waals surface area (Å²) >= 11 is 6.12. The lowest BCUT2D eigenvalue weighted by Gasteiger charge is -2.07. The maximum absolute atomic E-state index is 6.12. The molecule has 1 aromatic carbocycles. The minimum atomic E-state index is 0.345. The van der Waals surface area contributed by atoms with E-state index >= 15 is 0 Å². The van der Waals surface area contributed by atoms with E-state index < -0.39 is 0 Å². The lowest BCUT2D eigenvalue weighted by atomic mass is 10.1. The molecule has 5 heteroatoms. The third kappa shape index (κ3) is 4.55. The lowest BCUT2D eigenvalue weighted by Crippen LogP contribution is -2.00. The number of benzene rings is 1. The number of rotatable bonds is 6. The number of ether oxygens (including phenoxy) is 1. The van der Waals surface area contributed by atoms with Crippen LogP contribution < -0.4 is 0 Å². The molecule has 0 saturated heterocycles. The molecule has 4 nitrogen and oxygen atoms in total. The Hall–Kier alpha value is -1.91. The number of aryl methyl sites for hydroxylation is 1. The van der Waals surface area contributed by atoms with E-state index in [9.17, 15) is 0 Å². The molecule has 0 aliphatic carbocycles. The van der Waals surface area contributed by atoms with E-state index in [2.05, 4.69) is 10.1 Å². The summed E-state index contributed by atoms with van der Waals surface area (Å²) in [6.07, 6.45) is 0. The molecule has 1 aromatic heterocycles. The molecule has 0 unspecified atom stereocenters. The van der Waals surface area contributed by atoms with Crippen LogP contribution in [0.3, 0.4) is 0 Å². The van der Waals surface area contributed by atoms with Crippen molar-refractivity contribution in [3.05, 3.63) is 63.9 Å².